The number of rotatable bonds is 3. The van der Waals surface area contributed by atoms with Gasteiger partial charge in [-0.05, 0) is 12.8 Å². The second kappa shape index (κ2) is 6.83. The number of nitrogens with one attached hydrogen (secondary N) is 2. The summed E-state index contributed by atoms with van der Waals surface area (Å²) in [5.74, 6) is 2.01. The maximum absolute atomic E-state index is 12.4. The molecule has 0 spiro atoms. The standard InChI is InChI=1S/C16H23N7O2/c24-15(12-10-17-16(25)18-12)22-8-6-21(7-9-22)11-14-20-19-13-4-2-1-3-5-23(13)14/h10H,1-9,11H2,(H2,17,18,25). The molecule has 2 aromatic heterocycles. The Morgan fingerprint density at radius 3 is 2.68 bits per heavy atom. The third-order valence-electron chi connectivity index (χ3n) is 5.04. The Kier molecular flexibility index (Phi) is 4.39. The molecule has 2 aliphatic heterocycles. The molecule has 4 rings (SSSR count). The molecule has 2 aliphatic rings. The highest BCUT2D eigenvalue weighted by Crippen LogP contribution is 2.16. The minimum Gasteiger partial charge on any atom is -0.335 e. The van der Waals surface area contributed by atoms with Gasteiger partial charge in [-0.25, -0.2) is 4.79 Å². The molecular weight excluding hydrogens is 322 g/mol. The zero-order valence-electron chi connectivity index (χ0n) is 14.2. The summed E-state index contributed by atoms with van der Waals surface area (Å²) in [5, 5.41) is 8.74. The van der Waals surface area contributed by atoms with Crippen molar-refractivity contribution in [3.8, 4) is 0 Å². The first kappa shape index (κ1) is 16.1. The van der Waals surface area contributed by atoms with Gasteiger partial charge in [-0.15, -0.1) is 10.2 Å². The molecule has 4 heterocycles. The van der Waals surface area contributed by atoms with E-state index >= 15 is 0 Å². The van der Waals surface area contributed by atoms with Gasteiger partial charge in [-0.1, -0.05) is 6.42 Å². The normalized spacial score (nSPS) is 18.8. The Morgan fingerprint density at radius 1 is 1.08 bits per heavy atom. The molecule has 0 bridgehead atoms. The largest absolute Gasteiger partial charge is 0.335 e. The van der Waals surface area contributed by atoms with Crippen molar-refractivity contribution in [1.82, 2.24) is 34.5 Å². The molecule has 0 aromatic carbocycles. The number of hydrogen-bond donors (Lipinski definition) is 2. The molecule has 1 saturated heterocycles. The van der Waals surface area contributed by atoms with E-state index in [4.69, 9.17) is 0 Å². The fraction of sp³-hybridized carbons (Fsp3) is 0.625. The summed E-state index contributed by atoms with van der Waals surface area (Å²) in [6.07, 6.45) is 6.09. The van der Waals surface area contributed by atoms with Gasteiger partial charge < -0.3 is 19.4 Å². The van der Waals surface area contributed by atoms with Crippen LogP contribution in [0.15, 0.2) is 11.0 Å². The minimum atomic E-state index is -0.352. The van der Waals surface area contributed by atoms with Crippen LogP contribution in [0.1, 0.15) is 41.4 Å². The highest BCUT2D eigenvalue weighted by Gasteiger charge is 2.24. The number of carbonyl (C=O) groups is 1. The first-order valence-corrected chi connectivity index (χ1v) is 8.91. The molecule has 0 saturated carbocycles. The van der Waals surface area contributed by atoms with Crippen LogP contribution in [0.4, 0.5) is 0 Å². The SMILES string of the molecule is O=C(c1c[nH]c(=O)[nH]1)N1CCN(Cc2nnc3n2CCCCC3)CC1. The Morgan fingerprint density at radius 2 is 1.92 bits per heavy atom. The first-order valence-electron chi connectivity index (χ1n) is 8.91. The van der Waals surface area contributed by atoms with Crippen LogP contribution in [0.25, 0.3) is 0 Å². The van der Waals surface area contributed by atoms with E-state index in [1.54, 1.807) is 4.90 Å². The number of carbonyl (C=O) groups excluding carboxylic acids is 1. The highest BCUT2D eigenvalue weighted by atomic mass is 16.2. The lowest BCUT2D eigenvalue weighted by atomic mass is 10.2. The van der Waals surface area contributed by atoms with Gasteiger partial charge >= 0.3 is 5.69 Å². The average molecular weight is 345 g/mol. The van der Waals surface area contributed by atoms with Gasteiger partial charge in [0.15, 0.2) is 0 Å². The topological polar surface area (TPSA) is 103 Å². The van der Waals surface area contributed by atoms with Crippen molar-refractivity contribution >= 4 is 5.91 Å². The van der Waals surface area contributed by atoms with E-state index in [0.717, 1.165) is 44.2 Å². The first-order chi connectivity index (χ1) is 12.2. The van der Waals surface area contributed by atoms with Gasteiger partial charge in [0.05, 0.1) is 6.54 Å². The summed E-state index contributed by atoms with van der Waals surface area (Å²) >= 11 is 0. The van der Waals surface area contributed by atoms with Crippen molar-refractivity contribution in [2.24, 2.45) is 0 Å². The number of nitrogens with zero attached hydrogens (tertiary/aromatic N) is 5. The van der Waals surface area contributed by atoms with Crippen LogP contribution in [-0.2, 0) is 19.5 Å². The van der Waals surface area contributed by atoms with Crippen LogP contribution in [0, 0.1) is 0 Å². The zero-order valence-corrected chi connectivity index (χ0v) is 14.2. The fourth-order valence-corrected chi connectivity index (χ4v) is 3.59. The van der Waals surface area contributed by atoms with Crippen molar-refractivity contribution in [2.45, 2.75) is 38.8 Å². The van der Waals surface area contributed by atoms with Crippen LogP contribution < -0.4 is 5.69 Å². The van der Waals surface area contributed by atoms with Crippen molar-refractivity contribution in [1.29, 1.82) is 0 Å². The molecular formula is C16H23N7O2. The minimum absolute atomic E-state index is 0.130. The van der Waals surface area contributed by atoms with Crippen molar-refractivity contribution in [3.05, 3.63) is 34.0 Å². The van der Waals surface area contributed by atoms with Gasteiger partial charge in [0.2, 0.25) is 0 Å². The second-order valence-electron chi connectivity index (χ2n) is 6.72. The van der Waals surface area contributed by atoms with E-state index in [1.807, 2.05) is 0 Å². The molecule has 0 unspecified atom stereocenters. The predicted octanol–water partition coefficient (Wildman–Crippen LogP) is -0.0211. The number of aryl methyl sites for hydroxylation is 1. The molecule has 25 heavy (non-hydrogen) atoms. The lowest BCUT2D eigenvalue weighted by molar-refractivity contribution is 0.0618. The van der Waals surface area contributed by atoms with E-state index in [0.29, 0.717) is 18.8 Å². The molecule has 9 nitrogen and oxygen atoms in total. The van der Waals surface area contributed by atoms with E-state index in [1.165, 1.54) is 25.5 Å². The van der Waals surface area contributed by atoms with E-state index in [9.17, 15) is 9.59 Å². The monoisotopic (exact) mass is 345 g/mol. The third kappa shape index (κ3) is 3.37. The van der Waals surface area contributed by atoms with Crippen molar-refractivity contribution in [2.75, 3.05) is 26.2 Å². The Labute approximate surface area is 145 Å². The molecule has 134 valence electrons. The number of aromatic nitrogens is 5. The summed E-state index contributed by atoms with van der Waals surface area (Å²) in [7, 11) is 0. The number of H-pyrrole nitrogens is 2. The van der Waals surface area contributed by atoms with Crippen LogP contribution in [-0.4, -0.2) is 66.6 Å². The smallest absolute Gasteiger partial charge is 0.323 e. The summed E-state index contributed by atoms with van der Waals surface area (Å²) in [5.41, 5.74) is -0.0317. The molecule has 9 heteroatoms. The summed E-state index contributed by atoms with van der Waals surface area (Å²) in [6, 6.07) is 0. The van der Waals surface area contributed by atoms with E-state index < -0.39 is 0 Å². The Balaban J connectivity index is 1.36. The summed E-state index contributed by atoms with van der Waals surface area (Å²) in [4.78, 5) is 32.6. The maximum atomic E-state index is 12.4. The van der Waals surface area contributed by atoms with E-state index in [-0.39, 0.29) is 11.6 Å². The number of hydrogen-bond acceptors (Lipinski definition) is 5. The van der Waals surface area contributed by atoms with Crippen molar-refractivity contribution in [3.63, 3.8) is 0 Å². The summed E-state index contributed by atoms with van der Waals surface area (Å²) in [6.45, 7) is 4.66. The van der Waals surface area contributed by atoms with Gasteiger partial charge in [0.25, 0.3) is 5.91 Å². The highest BCUT2D eigenvalue weighted by molar-refractivity contribution is 5.92. The fourth-order valence-electron chi connectivity index (χ4n) is 3.59. The average Bonchev–Trinajstić information content (AvgIpc) is 3.14. The Bertz CT molecular complexity index is 798. The maximum Gasteiger partial charge on any atom is 0.323 e. The van der Waals surface area contributed by atoms with Crippen molar-refractivity contribution < 1.29 is 4.79 Å². The van der Waals surface area contributed by atoms with Crippen LogP contribution in [0.2, 0.25) is 0 Å². The molecule has 2 N–H and O–H groups in total. The van der Waals surface area contributed by atoms with Gasteiger partial charge in [0.1, 0.15) is 17.3 Å². The van der Waals surface area contributed by atoms with E-state index in [2.05, 4.69) is 29.6 Å². The van der Waals surface area contributed by atoms with Crippen LogP contribution >= 0.6 is 0 Å². The Hall–Kier alpha value is -2.42. The number of fused-ring (bicyclic) bond motifs is 1. The van der Waals surface area contributed by atoms with Gasteiger partial charge in [-0.3, -0.25) is 9.69 Å². The van der Waals surface area contributed by atoms with Gasteiger partial charge in [-0.2, -0.15) is 0 Å². The summed E-state index contributed by atoms with van der Waals surface area (Å²) < 4.78 is 2.27. The molecule has 2 aromatic rings. The van der Waals surface area contributed by atoms with Gasteiger partial charge in [0, 0.05) is 45.3 Å². The molecule has 0 aliphatic carbocycles. The lowest BCUT2D eigenvalue weighted by Crippen LogP contribution is -2.48. The number of amides is 1. The van der Waals surface area contributed by atoms with Crippen LogP contribution in [0.3, 0.4) is 0 Å². The predicted molar refractivity (Wildman–Crippen MR) is 90.2 cm³/mol. The molecule has 0 atom stereocenters. The second-order valence-corrected chi connectivity index (χ2v) is 6.72. The number of piperazine rings is 1. The molecule has 1 fully saturated rings. The number of imidazole rings is 1. The molecule has 1 amide bonds. The van der Waals surface area contributed by atoms with Crippen LogP contribution in [0.5, 0.6) is 0 Å². The lowest BCUT2D eigenvalue weighted by Gasteiger charge is -2.34. The molecule has 0 radical (unpaired) electrons. The zero-order chi connectivity index (χ0) is 17.2. The quantitative estimate of drug-likeness (QED) is 0.814. The third-order valence-corrected chi connectivity index (χ3v) is 5.04. The number of aromatic amines is 2.